The van der Waals surface area contributed by atoms with E-state index in [0.29, 0.717) is 5.75 Å². The highest BCUT2D eigenvalue weighted by Crippen LogP contribution is 2.19. The van der Waals surface area contributed by atoms with Crippen LogP contribution >= 0.6 is 15.9 Å². The van der Waals surface area contributed by atoms with Gasteiger partial charge in [0.05, 0.1) is 11.4 Å². The minimum atomic E-state index is -0.00389. The molecule has 0 radical (unpaired) electrons. The van der Waals surface area contributed by atoms with Crippen LogP contribution in [0, 0.1) is 0 Å². The number of phenolic OH excluding ortho intramolecular Hbond substituents is 1. The van der Waals surface area contributed by atoms with Crippen molar-refractivity contribution in [3.8, 4) is 5.75 Å². The second-order valence-corrected chi connectivity index (χ2v) is 4.89. The minimum absolute atomic E-state index is 0.00389. The van der Waals surface area contributed by atoms with E-state index < -0.39 is 0 Å². The van der Waals surface area contributed by atoms with Crippen LogP contribution in [-0.2, 0) is 0 Å². The van der Waals surface area contributed by atoms with Gasteiger partial charge in [0.15, 0.2) is 0 Å². The van der Waals surface area contributed by atoms with Gasteiger partial charge >= 0.3 is 0 Å². The minimum Gasteiger partial charge on any atom is -0.507 e. The van der Waals surface area contributed by atoms with E-state index in [1.165, 1.54) is 0 Å². The van der Waals surface area contributed by atoms with Crippen LogP contribution in [0.3, 0.4) is 0 Å². The van der Waals surface area contributed by atoms with Crippen LogP contribution in [0.1, 0.15) is 0 Å². The van der Waals surface area contributed by atoms with Gasteiger partial charge in [-0.2, -0.15) is 0 Å². The molecular weight excluding hydrogens is 278 g/mol. The summed E-state index contributed by atoms with van der Waals surface area (Å²) in [4.78, 5) is 4.59. The summed E-state index contributed by atoms with van der Waals surface area (Å²) in [7, 11) is 0. The molecule has 1 aromatic carbocycles. The zero-order valence-electron chi connectivity index (χ0n) is 8.97. The zero-order valence-corrected chi connectivity index (χ0v) is 10.6. The van der Waals surface area contributed by atoms with E-state index in [0.717, 1.165) is 20.6 Å². The molecule has 0 saturated heterocycles. The van der Waals surface area contributed by atoms with Crippen molar-refractivity contribution in [2.24, 2.45) is 4.99 Å². The number of hydrogen-bond donors (Lipinski definition) is 1. The van der Waals surface area contributed by atoms with Gasteiger partial charge in [0.1, 0.15) is 5.75 Å². The molecule has 1 heterocycles. The Kier molecular flexibility index (Phi) is 2.48. The van der Waals surface area contributed by atoms with Crippen LogP contribution in [0.5, 0.6) is 5.75 Å². The highest BCUT2D eigenvalue weighted by atomic mass is 79.9. The number of rotatable bonds is 0. The van der Waals surface area contributed by atoms with Gasteiger partial charge in [-0.25, -0.2) is 0 Å². The van der Waals surface area contributed by atoms with E-state index in [2.05, 4.69) is 20.9 Å². The first-order valence-corrected chi connectivity index (χ1v) is 6.17. The largest absolute Gasteiger partial charge is 0.507 e. The van der Waals surface area contributed by atoms with Crippen molar-refractivity contribution in [3.63, 3.8) is 0 Å². The van der Waals surface area contributed by atoms with Crippen LogP contribution in [0.25, 0.3) is 5.57 Å². The standard InChI is InChI=1S/C14H10BrNO/c15-9-3-1-4-10-11(8-7-9)16-12-5-2-6-13(17)14(10)12/h1-8,11,17H. The summed E-state index contributed by atoms with van der Waals surface area (Å²) < 4.78 is 1.02. The fraction of sp³-hybridized carbons (Fsp3) is 0.0714. The number of aromatic hydroxyl groups is 1. The van der Waals surface area contributed by atoms with Gasteiger partial charge in [0, 0.05) is 9.70 Å². The highest BCUT2D eigenvalue weighted by molar-refractivity contribution is 9.11. The fourth-order valence-corrected chi connectivity index (χ4v) is 2.42. The first-order chi connectivity index (χ1) is 8.25. The molecule has 0 spiro atoms. The van der Waals surface area contributed by atoms with Gasteiger partial charge in [-0.05, 0) is 29.9 Å². The van der Waals surface area contributed by atoms with Crippen LogP contribution in [-0.4, -0.2) is 11.1 Å². The van der Waals surface area contributed by atoms with Gasteiger partial charge in [-0.15, -0.1) is 0 Å². The molecule has 1 aromatic rings. The summed E-state index contributed by atoms with van der Waals surface area (Å²) in [6.07, 6.45) is 9.95. The lowest BCUT2D eigenvalue weighted by atomic mass is 10.0. The van der Waals surface area contributed by atoms with Crippen molar-refractivity contribution in [2.45, 2.75) is 6.04 Å². The lowest BCUT2D eigenvalue weighted by Crippen LogP contribution is -2.22. The molecule has 0 fully saturated rings. The Hall–Kier alpha value is -1.61. The maximum absolute atomic E-state index is 9.92. The van der Waals surface area contributed by atoms with E-state index >= 15 is 0 Å². The fourth-order valence-electron chi connectivity index (χ4n) is 2.11. The quantitative estimate of drug-likeness (QED) is 0.777. The van der Waals surface area contributed by atoms with Gasteiger partial charge in [0.2, 0.25) is 0 Å². The Morgan fingerprint density at radius 1 is 1.24 bits per heavy atom. The van der Waals surface area contributed by atoms with E-state index in [1.807, 2.05) is 42.5 Å². The molecule has 0 amide bonds. The number of fused-ring (bicyclic) bond motifs is 2. The van der Waals surface area contributed by atoms with Crippen LogP contribution < -0.4 is 10.6 Å². The van der Waals surface area contributed by atoms with Crippen molar-refractivity contribution in [2.75, 3.05) is 0 Å². The maximum Gasteiger partial charge on any atom is 0.125 e. The molecule has 1 atom stereocenters. The number of halogens is 1. The molecule has 1 aliphatic heterocycles. The smallest absolute Gasteiger partial charge is 0.125 e. The summed E-state index contributed by atoms with van der Waals surface area (Å²) in [5, 5.41) is 11.6. The van der Waals surface area contributed by atoms with Crippen LogP contribution in [0.15, 0.2) is 58.1 Å². The summed E-state index contributed by atoms with van der Waals surface area (Å²) in [6.45, 7) is 0. The monoisotopic (exact) mass is 287 g/mol. The van der Waals surface area contributed by atoms with Crippen molar-refractivity contribution in [1.29, 1.82) is 0 Å². The normalized spacial score (nSPS) is 21.1. The molecule has 3 rings (SSSR count). The molecular formula is C14H10BrNO. The van der Waals surface area contributed by atoms with E-state index in [4.69, 9.17) is 0 Å². The molecule has 0 aromatic heterocycles. The second-order valence-electron chi connectivity index (χ2n) is 3.97. The third-order valence-corrected chi connectivity index (χ3v) is 3.40. The molecule has 17 heavy (non-hydrogen) atoms. The topological polar surface area (TPSA) is 32.6 Å². The molecule has 0 saturated carbocycles. The highest BCUT2D eigenvalue weighted by Gasteiger charge is 2.17. The Morgan fingerprint density at radius 2 is 2.12 bits per heavy atom. The van der Waals surface area contributed by atoms with Gasteiger partial charge in [0.25, 0.3) is 0 Å². The zero-order chi connectivity index (χ0) is 11.8. The average molecular weight is 288 g/mol. The molecule has 84 valence electrons. The van der Waals surface area contributed by atoms with E-state index in [-0.39, 0.29) is 6.04 Å². The molecule has 0 bridgehead atoms. The predicted octanol–water partition coefficient (Wildman–Crippen LogP) is 1.95. The molecule has 2 aliphatic rings. The van der Waals surface area contributed by atoms with Gasteiger partial charge in [-0.1, -0.05) is 40.2 Å². The first kappa shape index (κ1) is 10.5. The third-order valence-electron chi connectivity index (χ3n) is 2.87. The SMILES string of the molecule is Oc1cccc2c1=C1C=CC=C(Br)C=CC1N=2. The molecule has 2 nitrogen and oxygen atoms in total. The number of allylic oxidation sites excluding steroid dienone is 4. The van der Waals surface area contributed by atoms with Crippen molar-refractivity contribution in [1.82, 2.24) is 0 Å². The van der Waals surface area contributed by atoms with E-state index in [9.17, 15) is 5.11 Å². The molecule has 1 unspecified atom stereocenters. The summed E-state index contributed by atoms with van der Waals surface area (Å²) >= 11 is 3.44. The summed E-state index contributed by atoms with van der Waals surface area (Å²) in [5.41, 5.74) is 1.05. The maximum atomic E-state index is 9.92. The lowest BCUT2D eigenvalue weighted by Gasteiger charge is -2.06. The lowest BCUT2D eigenvalue weighted by molar-refractivity contribution is 0.470. The number of phenols is 1. The molecule has 3 heteroatoms. The number of hydrogen-bond acceptors (Lipinski definition) is 2. The predicted molar refractivity (Wildman–Crippen MR) is 71.4 cm³/mol. The van der Waals surface area contributed by atoms with Gasteiger partial charge < -0.3 is 5.11 Å². The Morgan fingerprint density at radius 3 is 3.00 bits per heavy atom. The van der Waals surface area contributed by atoms with Crippen molar-refractivity contribution < 1.29 is 5.11 Å². The summed E-state index contributed by atoms with van der Waals surface area (Å²) in [6, 6.07) is 5.44. The summed E-state index contributed by atoms with van der Waals surface area (Å²) in [5.74, 6) is 0.297. The first-order valence-electron chi connectivity index (χ1n) is 5.38. The van der Waals surface area contributed by atoms with Crippen LogP contribution in [0.2, 0.25) is 0 Å². The van der Waals surface area contributed by atoms with Crippen molar-refractivity contribution in [3.05, 3.63) is 63.6 Å². The number of benzene rings is 1. The second kappa shape index (κ2) is 4.00. The average Bonchev–Trinajstić information content (AvgIpc) is 2.63. The van der Waals surface area contributed by atoms with Crippen molar-refractivity contribution >= 4 is 21.5 Å². The van der Waals surface area contributed by atoms with Gasteiger partial charge in [-0.3, -0.25) is 4.99 Å². The third kappa shape index (κ3) is 1.76. The molecule has 1 aliphatic carbocycles. The molecule has 1 N–H and O–H groups in total. The Balaban J connectivity index is 2.33. The Bertz CT molecular complexity index is 683. The van der Waals surface area contributed by atoms with E-state index in [1.54, 1.807) is 6.07 Å². The number of nitrogens with zero attached hydrogens (tertiary/aromatic N) is 1. The van der Waals surface area contributed by atoms with Crippen LogP contribution in [0.4, 0.5) is 0 Å². The Labute approximate surface area is 107 Å².